The molecule has 0 aromatic heterocycles. The quantitative estimate of drug-likeness (QED) is 0.751. The van der Waals surface area contributed by atoms with Crippen LogP contribution in [0.15, 0.2) is 0 Å². The number of nitriles is 1. The van der Waals surface area contributed by atoms with Crippen LogP contribution in [0.3, 0.4) is 0 Å². The molecule has 1 atom stereocenters. The fourth-order valence-corrected chi connectivity index (χ4v) is 2.72. The minimum Gasteiger partial charge on any atom is -0.466 e. The predicted octanol–water partition coefficient (Wildman–Crippen LogP) is 1.70. The Morgan fingerprint density at radius 1 is 1.55 bits per heavy atom. The lowest BCUT2D eigenvalue weighted by Gasteiger charge is -2.39. The largest absolute Gasteiger partial charge is 0.466 e. The highest BCUT2D eigenvalue weighted by molar-refractivity contribution is 5.72. The van der Waals surface area contributed by atoms with E-state index in [1.54, 1.807) is 0 Å². The zero-order valence-electron chi connectivity index (χ0n) is 12.8. The van der Waals surface area contributed by atoms with Crippen molar-refractivity contribution >= 4 is 5.97 Å². The number of carbonyl (C=O) groups is 1. The van der Waals surface area contributed by atoms with Crippen LogP contribution in [0.1, 0.15) is 46.0 Å². The summed E-state index contributed by atoms with van der Waals surface area (Å²) in [7, 11) is 1.93. The summed E-state index contributed by atoms with van der Waals surface area (Å²) in [6.45, 7) is 4.75. The predicted molar refractivity (Wildman–Crippen MR) is 75.9 cm³/mol. The van der Waals surface area contributed by atoms with Crippen molar-refractivity contribution in [3.8, 4) is 6.07 Å². The first-order valence-corrected chi connectivity index (χ1v) is 7.38. The second-order valence-corrected chi connectivity index (χ2v) is 5.88. The van der Waals surface area contributed by atoms with Gasteiger partial charge in [-0.15, -0.1) is 0 Å². The molecule has 1 saturated carbocycles. The molecule has 0 saturated heterocycles. The zero-order valence-corrected chi connectivity index (χ0v) is 12.8. The fraction of sp³-hybridized carbons (Fsp3) is 0.867. The van der Waals surface area contributed by atoms with Crippen molar-refractivity contribution in [1.82, 2.24) is 4.90 Å². The molecule has 0 bridgehead atoms. The molecule has 0 aromatic carbocycles. The molecule has 5 nitrogen and oxygen atoms in total. The molecule has 0 aromatic rings. The zero-order chi connectivity index (χ0) is 15.2. The Labute approximate surface area is 121 Å². The first kappa shape index (κ1) is 16.9. The Kier molecular flexibility index (Phi) is 6.44. The first-order chi connectivity index (χ1) is 9.41. The van der Waals surface area contributed by atoms with Crippen molar-refractivity contribution < 1.29 is 14.6 Å². The van der Waals surface area contributed by atoms with Gasteiger partial charge >= 0.3 is 5.97 Å². The van der Waals surface area contributed by atoms with E-state index in [0.717, 1.165) is 0 Å². The summed E-state index contributed by atoms with van der Waals surface area (Å²) in [5, 5.41) is 19.3. The summed E-state index contributed by atoms with van der Waals surface area (Å²) in [5.74, 6) is -0.210. The van der Waals surface area contributed by atoms with Gasteiger partial charge in [-0.05, 0) is 46.6 Å². The summed E-state index contributed by atoms with van der Waals surface area (Å²) in [6, 6.07) is 2.28. The van der Waals surface area contributed by atoms with Crippen LogP contribution in [0.5, 0.6) is 0 Å². The number of aliphatic hydroxyl groups is 1. The highest BCUT2D eigenvalue weighted by Gasteiger charge is 2.37. The minimum absolute atomic E-state index is 0.0722. The highest BCUT2D eigenvalue weighted by atomic mass is 16.5. The molecule has 1 N–H and O–H groups in total. The Morgan fingerprint density at radius 2 is 2.15 bits per heavy atom. The van der Waals surface area contributed by atoms with Crippen molar-refractivity contribution in [3.05, 3.63) is 0 Å². The van der Waals surface area contributed by atoms with E-state index >= 15 is 0 Å². The van der Waals surface area contributed by atoms with Gasteiger partial charge in [0.05, 0.1) is 30.6 Å². The van der Waals surface area contributed by atoms with Crippen molar-refractivity contribution in [1.29, 1.82) is 5.26 Å². The van der Waals surface area contributed by atoms with E-state index in [1.807, 2.05) is 25.8 Å². The van der Waals surface area contributed by atoms with Crippen LogP contribution in [0, 0.1) is 17.2 Å². The fourth-order valence-electron chi connectivity index (χ4n) is 2.72. The van der Waals surface area contributed by atoms with Gasteiger partial charge in [0.1, 0.15) is 0 Å². The van der Waals surface area contributed by atoms with Crippen molar-refractivity contribution in [2.24, 2.45) is 5.92 Å². The Morgan fingerprint density at radius 3 is 2.65 bits per heavy atom. The maximum atomic E-state index is 11.7. The van der Waals surface area contributed by atoms with E-state index in [0.29, 0.717) is 45.3 Å². The molecule has 0 radical (unpaired) electrons. The molecule has 0 heterocycles. The Balaban J connectivity index is 2.46. The van der Waals surface area contributed by atoms with Crippen molar-refractivity contribution in [2.75, 3.05) is 20.2 Å². The molecule has 114 valence electrons. The van der Waals surface area contributed by atoms with Crippen LogP contribution in [-0.4, -0.2) is 47.8 Å². The standard InChI is InChI=1S/C15H26N2O3/c1-4-20-14(18)13-5-8-15(19,9-6-13)11-17(3)12(2)7-10-16/h12-13,19H,4-9,11H2,1-3H3. The lowest BCUT2D eigenvalue weighted by atomic mass is 9.78. The van der Waals surface area contributed by atoms with E-state index in [1.165, 1.54) is 0 Å². The van der Waals surface area contributed by atoms with E-state index in [2.05, 4.69) is 6.07 Å². The monoisotopic (exact) mass is 282 g/mol. The molecule has 1 unspecified atom stereocenters. The SMILES string of the molecule is CCOC(=O)C1CCC(O)(CN(C)C(C)CC#N)CC1. The summed E-state index contributed by atoms with van der Waals surface area (Å²) >= 11 is 0. The summed E-state index contributed by atoms with van der Waals surface area (Å²) < 4.78 is 5.03. The number of ether oxygens (including phenoxy) is 1. The lowest BCUT2D eigenvalue weighted by molar-refractivity contribution is -0.151. The van der Waals surface area contributed by atoms with E-state index in [9.17, 15) is 9.90 Å². The summed E-state index contributed by atoms with van der Waals surface area (Å²) in [6.07, 6.45) is 3.03. The van der Waals surface area contributed by atoms with E-state index in [4.69, 9.17) is 10.00 Å². The maximum Gasteiger partial charge on any atom is 0.308 e. The topological polar surface area (TPSA) is 73.6 Å². The number of esters is 1. The molecule has 1 aliphatic rings. The molecule has 0 amide bonds. The third kappa shape index (κ3) is 4.77. The van der Waals surface area contributed by atoms with Crippen LogP contribution in [-0.2, 0) is 9.53 Å². The summed E-state index contributed by atoms with van der Waals surface area (Å²) in [4.78, 5) is 13.7. The van der Waals surface area contributed by atoms with Gasteiger partial charge in [0, 0.05) is 12.6 Å². The van der Waals surface area contributed by atoms with E-state index < -0.39 is 5.60 Å². The average molecular weight is 282 g/mol. The van der Waals surface area contributed by atoms with Crippen LogP contribution < -0.4 is 0 Å². The molecule has 1 aliphatic carbocycles. The second-order valence-electron chi connectivity index (χ2n) is 5.88. The molecule has 1 rings (SSSR count). The molecule has 0 aliphatic heterocycles. The molecule has 0 spiro atoms. The highest BCUT2D eigenvalue weighted by Crippen LogP contribution is 2.33. The molecule has 20 heavy (non-hydrogen) atoms. The van der Waals surface area contributed by atoms with Gasteiger partial charge < -0.3 is 9.84 Å². The minimum atomic E-state index is -0.749. The van der Waals surface area contributed by atoms with E-state index in [-0.39, 0.29) is 17.9 Å². The number of likely N-dealkylation sites (N-methyl/N-ethyl adjacent to an activating group) is 1. The van der Waals surface area contributed by atoms with Crippen molar-refractivity contribution in [3.63, 3.8) is 0 Å². The van der Waals surface area contributed by atoms with Gasteiger partial charge in [-0.3, -0.25) is 9.69 Å². The molecule has 5 heteroatoms. The van der Waals surface area contributed by atoms with Crippen LogP contribution in [0.4, 0.5) is 0 Å². The third-order valence-corrected chi connectivity index (χ3v) is 4.22. The van der Waals surface area contributed by atoms with Gasteiger partial charge in [-0.2, -0.15) is 5.26 Å². The first-order valence-electron chi connectivity index (χ1n) is 7.38. The van der Waals surface area contributed by atoms with Gasteiger partial charge in [0.15, 0.2) is 0 Å². The van der Waals surface area contributed by atoms with Gasteiger partial charge in [0.25, 0.3) is 0 Å². The number of hydrogen-bond donors (Lipinski definition) is 1. The van der Waals surface area contributed by atoms with Crippen LogP contribution in [0.25, 0.3) is 0 Å². The van der Waals surface area contributed by atoms with Crippen LogP contribution >= 0.6 is 0 Å². The van der Waals surface area contributed by atoms with Crippen LogP contribution in [0.2, 0.25) is 0 Å². The lowest BCUT2D eigenvalue weighted by Crippen LogP contribution is -2.47. The average Bonchev–Trinajstić information content (AvgIpc) is 2.39. The van der Waals surface area contributed by atoms with Gasteiger partial charge in [-0.25, -0.2) is 0 Å². The van der Waals surface area contributed by atoms with Gasteiger partial charge in [0.2, 0.25) is 0 Å². The number of carbonyl (C=O) groups excluding carboxylic acids is 1. The Hall–Kier alpha value is -1.12. The summed E-state index contributed by atoms with van der Waals surface area (Å²) in [5.41, 5.74) is -0.749. The maximum absolute atomic E-state index is 11.7. The number of rotatable bonds is 6. The number of hydrogen-bond acceptors (Lipinski definition) is 5. The molecular formula is C15H26N2O3. The molecular weight excluding hydrogens is 256 g/mol. The van der Waals surface area contributed by atoms with Crippen molar-refractivity contribution in [2.45, 2.75) is 57.6 Å². The number of nitrogens with zero attached hydrogens (tertiary/aromatic N) is 2. The molecule has 1 fully saturated rings. The third-order valence-electron chi connectivity index (χ3n) is 4.22. The Bertz CT molecular complexity index is 357. The smallest absolute Gasteiger partial charge is 0.308 e. The normalized spacial score (nSPS) is 27.9. The second kappa shape index (κ2) is 7.61. The van der Waals surface area contributed by atoms with Gasteiger partial charge in [-0.1, -0.05) is 0 Å².